The number of aliphatic hydroxyl groups excluding tert-OH is 1. The van der Waals surface area contributed by atoms with Crippen molar-refractivity contribution in [2.75, 3.05) is 13.6 Å². The zero-order chi connectivity index (χ0) is 32.4. The maximum absolute atomic E-state index is 13.6. The molecule has 43 heavy (non-hydrogen) atoms. The monoisotopic (exact) mass is 603 g/mol. The van der Waals surface area contributed by atoms with E-state index >= 15 is 0 Å². The van der Waals surface area contributed by atoms with E-state index in [0.717, 1.165) is 0 Å². The second-order valence-electron chi connectivity index (χ2n) is 11.5. The molecule has 0 bridgehead atoms. The molecule has 4 amide bonds. The number of phenolic OH excluding ortho intramolecular Hbond substituents is 1. The topological polar surface area (TPSA) is 198 Å². The molecule has 5 unspecified atom stereocenters. The number of nitrogens with zero attached hydrogens (tertiary/aromatic N) is 2. The van der Waals surface area contributed by atoms with Crippen LogP contribution < -0.4 is 16.0 Å². The van der Waals surface area contributed by atoms with E-state index in [-0.39, 0.29) is 36.1 Å². The number of carboxylic acid groups (broad SMARTS) is 1. The van der Waals surface area contributed by atoms with Crippen molar-refractivity contribution >= 4 is 35.8 Å². The van der Waals surface area contributed by atoms with Gasteiger partial charge in [0.2, 0.25) is 23.6 Å². The Morgan fingerprint density at radius 2 is 1.65 bits per heavy atom. The summed E-state index contributed by atoms with van der Waals surface area (Å²) >= 11 is 0. The van der Waals surface area contributed by atoms with Crippen LogP contribution in [0.2, 0.25) is 0 Å². The highest BCUT2D eigenvalue weighted by atomic mass is 16.4. The number of carbonyl (C=O) groups excluding carboxylic acids is 4. The molecule has 238 valence electrons. The molecule has 0 radical (unpaired) electrons. The summed E-state index contributed by atoms with van der Waals surface area (Å²) in [6.07, 6.45) is 1.39. The number of aliphatic imine (C=N–C) groups is 1. The van der Waals surface area contributed by atoms with E-state index in [9.17, 15) is 39.3 Å². The van der Waals surface area contributed by atoms with Crippen LogP contribution in [0.3, 0.4) is 0 Å². The van der Waals surface area contributed by atoms with Gasteiger partial charge in [-0.05, 0) is 42.9 Å². The zero-order valence-electron chi connectivity index (χ0n) is 25.6. The summed E-state index contributed by atoms with van der Waals surface area (Å²) < 4.78 is 0. The molecule has 7 atom stereocenters. The molecule has 1 aromatic rings. The number of β-amino-alcohol motifs (C(OH)–C–C–N with tert-alkyl or cyclic N) is 1. The van der Waals surface area contributed by atoms with Gasteiger partial charge in [-0.1, -0.05) is 46.2 Å². The molecule has 1 heterocycles. The molecule has 13 heteroatoms. The van der Waals surface area contributed by atoms with Crippen LogP contribution in [-0.4, -0.2) is 93.9 Å². The first-order chi connectivity index (χ1) is 20.2. The molecule has 6 N–H and O–H groups in total. The van der Waals surface area contributed by atoms with Crippen molar-refractivity contribution in [1.29, 1.82) is 0 Å². The van der Waals surface area contributed by atoms with Gasteiger partial charge in [0, 0.05) is 26.2 Å². The van der Waals surface area contributed by atoms with Crippen molar-refractivity contribution < 1.29 is 39.3 Å². The number of aliphatic carboxylic acids is 1. The SMILES string of the molecule is CC[C@H](C)C(NC(=O)C(NC(=O)C1CC(O)CN1C(=O)[C@H](C)NC(=O)C(C=NC)CC(C)C)c1ccc(O)cc1)C(=O)O. The van der Waals surface area contributed by atoms with E-state index in [1.165, 1.54) is 42.3 Å². The quantitative estimate of drug-likeness (QED) is 0.169. The fourth-order valence-corrected chi connectivity index (χ4v) is 4.99. The standard InChI is InChI=1S/C30H45N5O8/c1-7-17(4)24(30(42)43)33-28(40)25(19-8-10-21(36)11-9-19)34-27(39)23-13-22(37)15-35(23)29(41)18(5)32-26(38)20(14-31-6)12-16(2)3/h8-11,14,16-18,20,22-25,36-37H,7,12-13,15H2,1-6H3,(H,32,38)(H,33,40)(H,34,39)(H,42,43)/t17-,18-,20?,22?,23?,24?,25?/m0/s1. The highest BCUT2D eigenvalue weighted by molar-refractivity contribution is 5.98. The summed E-state index contributed by atoms with van der Waals surface area (Å²) in [6.45, 7) is 8.72. The smallest absolute Gasteiger partial charge is 0.326 e. The second-order valence-corrected chi connectivity index (χ2v) is 11.5. The minimum Gasteiger partial charge on any atom is -0.508 e. The van der Waals surface area contributed by atoms with Gasteiger partial charge in [0.1, 0.15) is 29.9 Å². The summed E-state index contributed by atoms with van der Waals surface area (Å²) in [5.41, 5.74) is 0.266. The van der Waals surface area contributed by atoms with E-state index in [0.29, 0.717) is 12.8 Å². The number of amides is 4. The predicted octanol–water partition coefficient (Wildman–Crippen LogP) is 0.994. The molecule has 0 aromatic heterocycles. The van der Waals surface area contributed by atoms with E-state index in [2.05, 4.69) is 20.9 Å². The molecular formula is C30H45N5O8. The lowest BCUT2D eigenvalue weighted by Crippen LogP contribution is -2.55. The predicted molar refractivity (Wildman–Crippen MR) is 159 cm³/mol. The van der Waals surface area contributed by atoms with Gasteiger partial charge in [0.15, 0.2) is 0 Å². The van der Waals surface area contributed by atoms with Gasteiger partial charge in [-0.2, -0.15) is 0 Å². The highest BCUT2D eigenvalue weighted by Gasteiger charge is 2.42. The molecule has 1 fully saturated rings. The van der Waals surface area contributed by atoms with Crippen molar-refractivity contribution in [3.63, 3.8) is 0 Å². The van der Waals surface area contributed by atoms with Gasteiger partial charge in [0.25, 0.3) is 0 Å². The minimum absolute atomic E-state index is 0.0789. The number of nitrogens with one attached hydrogen (secondary N) is 3. The van der Waals surface area contributed by atoms with Crippen LogP contribution in [0.1, 0.15) is 65.5 Å². The molecule has 0 spiro atoms. The van der Waals surface area contributed by atoms with E-state index in [1.54, 1.807) is 20.9 Å². The van der Waals surface area contributed by atoms with Gasteiger partial charge < -0.3 is 41.2 Å². The Morgan fingerprint density at radius 3 is 2.19 bits per heavy atom. The molecule has 0 saturated carbocycles. The number of carbonyl (C=O) groups is 5. The molecule has 1 saturated heterocycles. The summed E-state index contributed by atoms with van der Waals surface area (Å²) in [6, 6.07) is 0.699. The summed E-state index contributed by atoms with van der Waals surface area (Å²) in [5.74, 6) is -4.57. The number of carboxylic acids is 1. The fraction of sp³-hybridized carbons (Fsp3) is 0.600. The van der Waals surface area contributed by atoms with Crippen molar-refractivity contribution in [3.8, 4) is 5.75 Å². The zero-order valence-corrected chi connectivity index (χ0v) is 25.6. The van der Waals surface area contributed by atoms with Crippen LogP contribution in [0, 0.1) is 17.8 Å². The number of hydrogen-bond donors (Lipinski definition) is 6. The van der Waals surface area contributed by atoms with Crippen LogP contribution in [0.4, 0.5) is 0 Å². The van der Waals surface area contributed by atoms with Gasteiger partial charge in [-0.15, -0.1) is 0 Å². The minimum atomic E-state index is -1.36. The number of benzene rings is 1. The van der Waals surface area contributed by atoms with Crippen LogP contribution in [0.15, 0.2) is 29.3 Å². The van der Waals surface area contributed by atoms with Crippen LogP contribution in [0.25, 0.3) is 0 Å². The number of phenols is 1. The molecular weight excluding hydrogens is 558 g/mol. The molecule has 13 nitrogen and oxygen atoms in total. The molecule has 1 aliphatic rings. The largest absolute Gasteiger partial charge is 0.508 e. The van der Waals surface area contributed by atoms with E-state index in [4.69, 9.17) is 0 Å². The molecule has 1 aliphatic heterocycles. The van der Waals surface area contributed by atoms with Gasteiger partial charge in [-0.3, -0.25) is 19.2 Å². The number of likely N-dealkylation sites (tertiary alicyclic amines) is 1. The Morgan fingerprint density at radius 1 is 1.02 bits per heavy atom. The third-order valence-electron chi connectivity index (χ3n) is 7.54. The normalized spacial score (nSPS) is 20.2. The van der Waals surface area contributed by atoms with Crippen LogP contribution in [0.5, 0.6) is 5.75 Å². The Balaban J connectivity index is 2.28. The number of aromatic hydroxyl groups is 1. The fourth-order valence-electron chi connectivity index (χ4n) is 4.99. The van der Waals surface area contributed by atoms with Crippen molar-refractivity contribution in [3.05, 3.63) is 29.8 Å². The van der Waals surface area contributed by atoms with E-state index < -0.39 is 65.8 Å². The third-order valence-corrected chi connectivity index (χ3v) is 7.54. The summed E-state index contributed by atoms with van der Waals surface area (Å²) in [7, 11) is 1.56. The van der Waals surface area contributed by atoms with Crippen molar-refractivity contribution in [2.24, 2.45) is 22.7 Å². The highest BCUT2D eigenvalue weighted by Crippen LogP contribution is 2.23. The number of rotatable bonds is 14. The average molecular weight is 604 g/mol. The second kappa shape index (κ2) is 16.0. The first kappa shape index (κ1) is 35.2. The Bertz CT molecular complexity index is 1170. The molecule has 2 rings (SSSR count). The maximum atomic E-state index is 13.6. The third kappa shape index (κ3) is 9.77. The Kier molecular flexibility index (Phi) is 13.1. The number of hydrogen-bond acceptors (Lipinski definition) is 8. The lowest BCUT2D eigenvalue weighted by atomic mass is 9.97. The van der Waals surface area contributed by atoms with E-state index in [1.807, 2.05) is 13.8 Å². The number of aliphatic hydroxyl groups is 1. The van der Waals surface area contributed by atoms with Gasteiger partial charge in [-0.25, -0.2) is 4.79 Å². The van der Waals surface area contributed by atoms with Crippen molar-refractivity contribution in [2.45, 2.75) is 84.2 Å². The maximum Gasteiger partial charge on any atom is 0.326 e. The molecule has 0 aliphatic carbocycles. The van der Waals surface area contributed by atoms with Crippen LogP contribution >= 0.6 is 0 Å². The lowest BCUT2D eigenvalue weighted by molar-refractivity contribution is -0.144. The van der Waals surface area contributed by atoms with Gasteiger partial charge >= 0.3 is 5.97 Å². The van der Waals surface area contributed by atoms with Gasteiger partial charge in [0.05, 0.1) is 12.0 Å². The van der Waals surface area contributed by atoms with Crippen molar-refractivity contribution in [1.82, 2.24) is 20.9 Å². The first-order valence-electron chi connectivity index (χ1n) is 14.5. The Labute approximate surface area is 252 Å². The molecule has 1 aromatic carbocycles. The Hall–Kier alpha value is -4.00. The summed E-state index contributed by atoms with van der Waals surface area (Å²) in [5, 5.41) is 37.6. The average Bonchev–Trinajstić information content (AvgIpc) is 3.35. The lowest BCUT2D eigenvalue weighted by Gasteiger charge is -2.29. The summed E-state index contributed by atoms with van der Waals surface area (Å²) in [4.78, 5) is 70.2. The first-order valence-corrected chi connectivity index (χ1v) is 14.5. The van der Waals surface area contributed by atoms with Crippen LogP contribution in [-0.2, 0) is 24.0 Å².